The topological polar surface area (TPSA) is 67.8 Å². The zero-order valence-electron chi connectivity index (χ0n) is 13.0. The van der Waals surface area contributed by atoms with Crippen molar-refractivity contribution in [1.82, 2.24) is 5.32 Å². The second-order valence-electron chi connectivity index (χ2n) is 6.31. The number of benzene rings is 1. The van der Waals surface area contributed by atoms with Gasteiger partial charge in [-0.05, 0) is 17.4 Å². The summed E-state index contributed by atoms with van der Waals surface area (Å²) in [5.41, 5.74) is 1.79. The van der Waals surface area contributed by atoms with Gasteiger partial charge in [0.15, 0.2) is 0 Å². The lowest BCUT2D eigenvalue weighted by Gasteiger charge is -2.33. The lowest BCUT2D eigenvalue weighted by atomic mass is 9.75. The molecule has 2 N–H and O–H groups in total. The Morgan fingerprint density at radius 3 is 2.77 bits per heavy atom. The van der Waals surface area contributed by atoms with E-state index in [1.54, 1.807) is 6.08 Å². The van der Waals surface area contributed by atoms with Gasteiger partial charge in [0, 0.05) is 18.6 Å². The minimum Gasteiger partial charge on any atom is -0.465 e. The number of amides is 1. The van der Waals surface area contributed by atoms with E-state index in [9.17, 15) is 4.79 Å². The number of hydrogen-bond donors (Lipinski definition) is 2. The van der Waals surface area contributed by atoms with Crippen LogP contribution in [-0.4, -0.2) is 31.5 Å². The largest absolute Gasteiger partial charge is 0.493 e. The molecule has 1 atom stereocenters. The molecule has 6 heteroatoms. The van der Waals surface area contributed by atoms with Crippen LogP contribution in [-0.2, 0) is 9.31 Å². The maximum atomic E-state index is 10.9. The van der Waals surface area contributed by atoms with E-state index in [-0.39, 0.29) is 11.5 Å². The molecule has 1 saturated heterocycles. The molecule has 1 aromatic carbocycles. The van der Waals surface area contributed by atoms with Gasteiger partial charge in [0.25, 0.3) is 0 Å². The van der Waals surface area contributed by atoms with Gasteiger partial charge in [-0.1, -0.05) is 44.2 Å². The monoisotopic (exact) mass is 303 g/mol. The van der Waals surface area contributed by atoms with Crippen molar-refractivity contribution in [2.24, 2.45) is 5.41 Å². The van der Waals surface area contributed by atoms with Gasteiger partial charge < -0.3 is 19.7 Å². The summed E-state index contributed by atoms with van der Waals surface area (Å²) in [5.74, 6) is 0. The molecule has 1 fully saturated rings. The predicted octanol–water partition coefficient (Wildman–Crippen LogP) is 2.34. The van der Waals surface area contributed by atoms with E-state index in [1.807, 2.05) is 24.3 Å². The van der Waals surface area contributed by atoms with Crippen LogP contribution in [0.3, 0.4) is 0 Å². The number of rotatable bonds is 5. The highest BCUT2D eigenvalue weighted by atomic mass is 16.6. The lowest BCUT2D eigenvalue weighted by molar-refractivity contribution is 0.0343. The van der Waals surface area contributed by atoms with Gasteiger partial charge in [-0.15, -0.1) is 6.58 Å². The van der Waals surface area contributed by atoms with E-state index in [1.165, 1.54) is 0 Å². The molecule has 0 spiro atoms. The Morgan fingerprint density at radius 1 is 1.50 bits per heavy atom. The van der Waals surface area contributed by atoms with Crippen molar-refractivity contribution >= 4 is 18.7 Å². The molecule has 1 aromatic rings. The summed E-state index contributed by atoms with van der Waals surface area (Å²) in [6.07, 6.45) is 1.17. The number of carbonyl (C=O) groups is 1. The standard InChI is InChI=1S/C16H22BNO4/c1-4-6-14(18-15(19)20)12-7-5-8-13(9-12)17-21-10-16(2,3)11-22-17/h4-5,7-9,14,18H,1,6,10-11H2,2-3H3,(H,19,20)/t14-/m0/s1. The highest BCUT2D eigenvalue weighted by Crippen LogP contribution is 2.22. The maximum absolute atomic E-state index is 10.9. The summed E-state index contributed by atoms with van der Waals surface area (Å²) in [7, 11) is -0.401. The fourth-order valence-corrected chi connectivity index (χ4v) is 2.40. The highest BCUT2D eigenvalue weighted by molar-refractivity contribution is 6.61. The molecule has 0 bridgehead atoms. The van der Waals surface area contributed by atoms with Gasteiger partial charge in [0.05, 0.1) is 6.04 Å². The van der Waals surface area contributed by atoms with E-state index in [4.69, 9.17) is 14.4 Å². The van der Waals surface area contributed by atoms with Crippen molar-refractivity contribution in [3.63, 3.8) is 0 Å². The van der Waals surface area contributed by atoms with Gasteiger partial charge in [-0.25, -0.2) is 4.79 Å². The SMILES string of the molecule is C=CC[C@H](NC(=O)O)c1cccc(B2OCC(C)(C)CO2)c1. The van der Waals surface area contributed by atoms with Crippen molar-refractivity contribution in [2.75, 3.05) is 13.2 Å². The van der Waals surface area contributed by atoms with E-state index < -0.39 is 13.2 Å². The van der Waals surface area contributed by atoms with Crippen LogP contribution in [0.1, 0.15) is 31.9 Å². The minimum atomic E-state index is -1.05. The zero-order chi connectivity index (χ0) is 16.2. The molecule has 22 heavy (non-hydrogen) atoms. The first-order valence-electron chi connectivity index (χ1n) is 7.35. The average Bonchev–Trinajstić information content (AvgIpc) is 2.46. The van der Waals surface area contributed by atoms with Crippen LogP contribution < -0.4 is 10.8 Å². The maximum Gasteiger partial charge on any atom is 0.493 e. The van der Waals surface area contributed by atoms with Crippen LogP contribution in [0.15, 0.2) is 36.9 Å². The van der Waals surface area contributed by atoms with Crippen LogP contribution in [0.4, 0.5) is 4.79 Å². The van der Waals surface area contributed by atoms with Crippen LogP contribution >= 0.6 is 0 Å². The summed E-state index contributed by atoms with van der Waals surface area (Å²) in [5, 5.41) is 11.5. The van der Waals surface area contributed by atoms with E-state index in [0.29, 0.717) is 19.6 Å². The number of hydrogen-bond acceptors (Lipinski definition) is 3. The van der Waals surface area contributed by atoms with Crippen LogP contribution in [0.5, 0.6) is 0 Å². The Kier molecular flexibility index (Phi) is 5.26. The summed E-state index contributed by atoms with van der Waals surface area (Å²) in [6.45, 7) is 9.13. The Hall–Kier alpha value is -1.79. The quantitative estimate of drug-likeness (QED) is 0.647. The van der Waals surface area contributed by atoms with E-state index in [0.717, 1.165) is 11.0 Å². The predicted molar refractivity (Wildman–Crippen MR) is 86.2 cm³/mol. The first-order valence-corrected chi connectivity index (χ1v) is 7.35. The van der Waals surface area contributed by atoms with Crippen LogP contribution in [0.25, 0.3) is 0 Å². The lowest BCUT2D eigenvalue weighted by Crippen LogP contribution is -2.47. The number of nitrogens with one attached hydrogen (secondary N) is 1. The third-order valence-corrected chi connectivity index (χ3v) is 3.54. The van der Waals surface area contributed by atoms with Gasteiger partial charge in [-0.2, -0.15) is 0 Å². The molecule has 1 aliphatic heterocycles. The molecule has 1 aliphatic rings. The first kappa shape index (κ1) is 16.6. The Bertz CT molecular complexity index is 537. The fraction of sp³-hybridized carbons (Fsp3) is 0.438. The van der Waals surface area contributed by atoms with Gasteiger partial charge >= 0.3 is 13.2 Å². The summed E-state index contributed by atoms with van der Waals surface area (Å²) < 4.78 is 11.6. The van der Waals surface area contributed by atoms with Crippen molar-refractivity contribution in [2.45, 2.75) is 26.3 Å². The smallest absolute Gasteiger partial charge is 0.465 e. The molecule has 1 heterocycles. The highest BCUT2D eigenvalue weighted by Gasteiger charge is 2.33. The molecule has 0 aliphatic carbocycles. The average molecular weight is 303 g/mol. The summed E-state index contributed by atoms with van der Waals surface area (Å²) >= 11 is 0. The van der Waals surface area contributed by atoms with Gasteiger partial charge in [-0.3, -0.25) is 0 Å². The summed E-state index contributed by atoms with van der Waals surface area (Å²) in [6, 6.07) is 7.30. The second-order valence-corrected chi connectivity index (χ2v) is 6.31. The third-order valence-electron chi connectivity index (χ3n) is 3.54. The van der Waals surface area contributed by atoms with Crippen molar-refractivity contribution in [3.8, 4) is 0 Å². The molecule has 1 amide bonds. The normalized spacial score (nSPS) is 18.5. The Morgan fingerprint density at radius 2 is 2.18 bits per heavy atom. The summed E-state index contributed by atoms with van der Waals surface area (Å²) in [4.78, 5) is 10.9. The molecule has 2 rings (SSSR count). The van der Waals surface area contributed by atoms with Crippen LogP contribution in [0, 0.1) is 5.41 Å². The minimum absolute atomic E-state index is 0.0182. The second kappa shape index (κ2) is 6.98. The molecule has 0 radical (unpaired) electrons. The molecule has 5 nitrogen and oxygen atoms in total. The molecular weight excluding hydrogens is 281 g/mol. The van der Waals surface area contributed by atoms with E-state index >= 15 is 0 Å². The Balaban J connectivity index is 2.15. The van der Waals surface area contributed by atoms with Crippen molar-refractivity contribution < 1.29 is 19.2 Å². The van der Waals surface area contributed by atoms with Crippen molar-refractivity contribution in [3.05, 3.63) is 42.5 Å². The third kappa shape index (κ3) is 4.35. The Labute approximate surface area is 131 Å². The molecule has 118 valence electrons. The van der Waals surface area contributed by atoms with Gasteiger partial charge in [0.2, 0.25) is 0 Å². The molecule has 0 unspecified atom stereocenters. The molecule has 0 saturated carbocycles. The van der Waals surface area contributed by atoms with Gasteiger partial charge in [0.1, 0.15) is 0 Å². The van der Waals surface area contributed by atoms with Crippen LogP contribution in [0.2, 0.25) is 0 Å². The van der Waals surface area contributed by atoms with E-state index in [2.05, 4.69) is 25.7 Å². The first-order chi connectivity index (χ1) is 10.4. The number of carboxylic acid groups (broad SMARTS) is 1. The van der Waals surface area contributed by atoms with Crippen molar-refractivity contribution in [1.29, 1.82) is 0 Å². The molecule has 0 aromatic heterocycles. The molecular formula is C16H22BNO4. The fourth-order valence-electron chi connectivity index (χ4n) is 2.40. The zero-order valence-corrected chi connectivity index (χ0v) is 13.0.